The maximum atomic E-state index is 13.6. The molecule has 2 aliphatic rings. The van der Waals surface area contributed by atoms with E-state index >= 15 is 0 Å². The Bertz CT molecular complexity index is 540. The van der Waals surface area contributed by atoms with Gasteiger partial charge in [-0.25, -0.2) is 4.39 Å². The van der Waals surface area contributed by atoms with Crippen LogP contribution in [0.3, 0.4) is 0 Å². The van der Waals surface area contributed by atoms with Gasteiger partial charge in [0.2, 0.25) is 5.91 Å². The highest BCUT2D eigenvalue weighted by Crippen LogP contribution is 2.29. The second-order valence-corrected chi connectivity index (χ2v) is 5.42. The van der Waals surface area contributed by atoms with Crippen LogP contribution in [-0.2, 0) is 9.59 Å². The highest BCUT2D eigenvalue weighted by atomic mass is 19.1. The maximum Gasteiger partial charge on any atom is 0.252 e. The zero-order valence-electron chi connectivity index (χ0n) is 11.1. The fourth-order valence-corrected chi connectivity index (χ4v) is 3.08. The van der Waals surface area contributed by atoms with E-state index in [2.05, 4.69) is 5.32 Å². The van der Waals surface area contributed by atoms with Gasteiger partial charge in [-0.2, -0.15) is 0 Å². The van der Waals surface area contributed by atoms with E-state index in [1.165, 1.54) is 11.0 Å². The largest absolute Gasteiger partial charge is 0.371 e. The van der Waals surface area contributed by atoms with Crippen LogP contribution < -0.4 is 5.32 Å². The molecule has 20 heavy (non-hydrogen) atoms. The lowest BCUT2D eigenvalue weighted by molar-refractivity contribution is -0.141. The van der Waals surface area contributed by atoms with Crippen molar-refractivity contribution in [2.45, 2.75) is 44.2 Å². The van der Waals surface area contributed by atoms with Crippen molar-refractivity contribution < 1.29 is 14.0 Å². The first-order chi connectivity index (χ1) is 9.66. The summed E-state index contributed by atoms with van der Waals surface area (Å²) in [5.74, 6) is -0.770. The molecular formula is C15H17FN2O2. The molecule has 2 fully saturated rings. The van der Waals surface area contributed by atoms with Gasteiger partial charge in [0.25, 0.3) is 5.91 Å². The lowest BCUT2D eigenvalue weighted by Gasteiger charge is -2.22. The molecule has 1 aliphatic heterocycles. The number of benzene rings is 1. The molecule has 1 aromatic carbocycles. The van der Waals surface area contributed by atoms with Crippen molar-refractivity contribution in [3.63, 3.8) is 0 Å². The summed E-state index contributed by atoms with van der Waals surface area (Å²) in [6.07, 6.45) is 4.03. The van der Waals surface area contributed by atoms with Crippen molar-refractivity contribution in [1.29, 1.82) is 0 Å². The molecule has 0 spiro atoms. The quantitative estimate of drug-likeness (QED) is 0.862. The van der Waals surface area contributed by atoms with Crippen molar-refractivity contribution in [3.05, 3.63) is 30.1 Å². The Balaban J connectivity index is 1.74. The number of hydrogen-bond donors (Lipinski definition) is 1. The van der Waals surface area contributed by atoms with Crippen molar-refractivity contribution >= 4 is 17.5 Å². The highest BCUT2D eigenvalue weighted by molar-refractivity contribution is 6.07. The van der Waals surface area contributed by atoms with Crippen LogP contribution in [0, 0.1) is 5.82 Å². The Morgan fingerprint density at radius 2 is 1.85 bits per heavy atom. The summed E-state index contributed by atoms with van der Waals surface area (Å²) in [6, 6.07) is 5.60. The average Bonchev–Trinajstić information content (AvgIpc) is 3.02. The van der Waals surface area contributed by atoms with Gasteiger partial charge in [0.05, 0.1) is 12.1 Å². The predicted molar refractivity (Wildman–Crippen MR) is 72.5 cm³/mol. The van der Waals surface area contributed by atoms with Crippen molar-refractivity contribution in [2.24, 2.45) is 0 Å². The number of hydrogen-bond acceptors (Lipinski definition) is 3. The molecule has 2 amide bonds. The number of halogens is 1. The summed E-state index contributed by atoms with van der Waals surface area (Å²) in [4.78, 5) is 25.8. The van der Waals surface area contributed by atoms with Crippen LogP contribution in [0.2, 0.25) is 0 Å². The molecule has 1 atom stereocenters. The number of carbonyl (C=O) groups excluding carboxylic acids is 2. The van der Waals surface area contributed by atoms with Gasteiger partial charge in [-0.15, -0.1) is 0 Å². The molecule has 0 radical (unpaired) electrons. The van der Waals surface area contributed by atoms with Crippen molar-refractivity contribution in [1.82, 2.24) is 4.90 Å². The summed E-state index contributed by atoms with van der Waals surface area (Å²) in [5, 5.41) is 2.86. The number of amides is 2. The van der Waals surface area contributed by atoms with Crippen LogP contribution in [0.4, 0.5) is 10.1 Å². The monoisotopic (exact) mass is 276 g/mol. The molecule has 0 aromatic heterocycles. The molecule has 0 bridgehead atoms. The van der Waals surface area contributed by atoms with Gasteiger partial charge in [0, 0.05) is 6.04 Å². The Hall–Kier alpha value is -1.91. The maximum absolute atomic E-state index is 13.6. The zero-order valence-corrected chi connectivity index (χ0v) is 11.1. The third-order valence-corrected chi connectivity index (χ3v) is 4.08. The molecule has 1 unspecified atom stereocenters. The lowest BCUT2D eigenvalue weighted by Crippen LogP contribution is -2.41. The Labute approximate surface area is 117 Å². The van der Waals surface area contributed by atoms with E-state index in [9.17, 15) is 14.0 Å². The SMILES string of the molecule is O=C1CC(Nc2ccccc2F)C(=O)N1C1CCCC1. The second kappa shape index (κ2) is 5.23. The number of carbonyl (C=O) groups is 2. The van der Waals surface area contributed by atoms with Crippen LogP contribution in [0.25, 0.3) is 0 Å². The van der Waals surface area contributed by atoms with Gasteiger partial charge in [0.1, 0.15) is 11.9 Å². The molecular weight excluding hydrogens is 259 g/mol. The van der Waals surface area contributed by atoms with Gasteiger partial charge in [-0.05, 0) is 25.0 Å². The summed E-state index contributed by atoms with van der Waals surface area (Å²) in [5.41, 5.74) is 0.270. The first kappa shape index (κ1) is 13.1. The minimum Gasteiger partial charge on any atom is -0.371 e. The Morgan fingerprint density at radius 3 is 2.55 bits per heavy atom. The van der Waals surface area contributed by atoms with E-state index in [-0.39, 0.29) is 30.0 Å². The van der Waals surface area contributed by atoms with E-state index in [0.29, 0.717) is 0 Å². The van der Waals surface area contributed by atoms with E-state index in [1.54, 1.807) is 18.2 Å². The summed E-state index contributed by atoms with van der Waals surface area (Å²) >= 11 is 0. The van der Waals surface area contributed by atoms with Gasteiger partial charge in [-0.1, -0.05) is 25.0 Å². The third-order valence-electron chi connectivity index (χ3n) is 4.08. The molecule has 106 valence electrons. The zero-order chi connectivity index (χ0) is 14.1. The number of likely N-dealkylation sites (tertiary alicyclic amines) is 1. The molecule has 4 nitrogen and oxygen atoms in total. The van der Waals surface area contributed by atoms with Crippen molar-refractivity contribution in [2.75, 3.05) is 5.32 Å². The fraction of sp³-hybridized carbons (Fsp3) is 0.467. The van der Waals surface area contributed by atoms with Gasteiger partial charge in [0.15, 0.2) is 0 Å². The van der Waals surface area contributed by atoms with Gasteiger partial charge >= 0.3 is 0 Å². The first-order valence-electron chi connectivity index (χ1n) is 7.04. The summed E-state index contributed by atoms with van der Waals surface area (Å²) < 4.78 is 13.6. The first-order valence-corrected chi connectivity index (χ1v) is 7.04. The molecule has 1 heterocycles. The van der Waals surface area contributed by atoms with E-state index < -0.39 is 11.9 Å². The Kier molecular flexibility index (Phi) is 3.42. The summed E-state index contributed by atoms with van der Waals surface area (Å²) in [7, 11) is 0. The smallest absolute Gasteiger partial charge is 0.252 e. The molecule has 3 rings (SSSR count). The number of nitrogens with one attached hydrogen (secondary N) is 1. The molecule has 1 aliphatic carbocycles. The number of imide groups is 1. The number of rotatable bonds is 3. The normalized spacial score (nSPS) is 23.6. The van der Waals surface area contributed by atoms with Crippen LogP contribution >= 0.6 is 0 Å². The molecule has 1 saturated heterocycles. The number of nitrogens with zero attached hydrogens (tertiary/aromatic N) is 1. The van der Waals surface area contributed by atoms with E-state index in [1.807, 2.05) is 0 Å². The molecule has 1 aromatic rings. The molecule has 1 N–H and O–H groups in total. The topological polar surface area (TPSA) is 49.4 Å². The van der Waals surface area contributed by atoms with Crippen molar-refractivity contribution in [3.8, 4) is 0 Å². The molecule has 5 heteroatoms. The minimum absolute atomic E-state index is 0.0439. The fourth-order valence-electron chi connectivity index (χ4n) is 3.08. The highest BCUT2D eigenvalue weighted by Gasteiger charge is 2.43. The van der Waals surface area contributed by atoms with Gasteiger partial charge in [-0.3, -0.25) is 14.5 Å². The van der Waals surface area contributed by atoms with Crippen LogP contribution in [0.5, 0.6) is 0 Å². The number of anilines is 1. The Morgan fingerprint density at radius 1 is 1.15 bits per heavy atom. The van der Waals surface area contributed by atoms with E-state index in [4.69, 9.17) is 0 Å². The lowest BCUT2D eigenvalue weighted by atomic mass is 10.2. The standard InChI is InChI=1S/C15H17FN2O2/c16-11-7-3-4-8-12(11)17-13-9-14(19)18(15(13)20)10-5-1-2-6-10/h3-4,7-8,10,13,17H,1-2,5-6,9H2. The summed E-state index contributed by atoms with van der Waals surface area (Å²) in [6.45, 7) is 0. The van der Waals surface area contributed by atoms with E-state index in [0.717, 1.165) is 25.7 Å². The average molecular weight is 276 g/mol. The predicted octanol–water partition coefficient (Wildman–Crippen LogP) is 2.31. The molecule has 1 saturated carbocycles. The number of para-hydroxylation sites is 1. The van der Waals surface area contributed by atoms with Crippen LogP contribution in [0.1, 0.15) is 32.1 Å². The minimum atomic E-state index is -0.639. The van der Waals surface area contributed by atoms with Gasteiger partial charge < -0.3 is 5.32 Å². The second-order valence-electron chi connectivity index (χ2n) is 5.42. The van der Waals surface area contributed by atoms with Crippen LogP contribution in [0.15, 0.2) is 24.3 Å². The van der Waals surface area contributed by atoms with Crippen LogP contribution in [-0.4, -0.2) is 28.8 Å². The third kappa shape index (κ3) is 2.28.